The highest BCUT2D eigenvalue weighted by Gasteiger charge is 2.34. The summed E-state index contributed by atoms with van der Waals surface area (Å²) in [5, 5.41) is 37.4. The van der Waals surface area contributed by atoms with E-state index in [0.29, 0.717) is 78.2 Å². The van der Waals surface area contributed by atoms with Crippen LogP contribution in [0.2, 0.25) is 10.6 Å². The lowest BCUT2D eigenvalue weighted by Gasteiger charge is -2.22. The van der Waals surface area contributed by atoms with Gasteiger partial charge in [-0.25, -0.2) is 19.9 Å². The Bertz CT molecular complexity index is 8570. The van der Waals surface area contributed by atoms with Gasteiger partial charge in [0.2, 0.25) is 22.5 Å². The van der Waals surface area contributed by atoms with Crippen LogP contribution in [0.1, 0.15) is 124 Å². The van der Waals surface area contributed by atoms with E-state index in [1.165, 1.54) is 0 Å². The monoisotopic (exact) mass is 1950 g/mol. The molecule has 0 amide bonds. The molecule has 0 spiro atoms. The fourth-order valence-electron chi connectivity index (χ4n) is 18.9. The smallest absolute Gasteiger partial charge is 0.263 e. The predicted octanol–water partition coefficient (Wildman–Crippen LogP) is 19.4. The standard InChI is InChI=1S/C29H24ClN7O.C29H26N8O.C25H22ClN7O.C25H24N8O/c2*1-17-7-4-9-21(13-17)37-24(18(2)33-27-26-23(11-6-12-31-26)34-29(30)35-27)14-19-8-5-10-22(25(19)28(37)38)20-15-32-36(3)16-20;2*1-14(29-23-22-19(7-4-10-27-22)30-25(26)31-23)20-11-15-5-3-6-18(16-12-28-32(2)13-16)21(15)24(34)33(20)17-8-9-17/h4-16,18H,1-3H3,(H,33,34,35);4-16,18H,1-3H3,(H3,30,33,34,35);3-7,10-14,17H,8-9H2,1-2H3,(H,29,30,31);3-7,10-14,17H,8-9H2,1-2H3,(H3,26,29,30,31)/t2*18-;2*14-/m0000/s1. The lowest BCUT2D eigenvalue weighted by molar-refractivity contribution is 0.636. The van der Waals surface area contributed by atoms with E-state index in [1.54, 1.807) is 89.6 Å². The van der Waals surface area contributed by atoms with E-state index in [1.807, 2.05) is 261 Å². The molecule has 0 bridgehead atoms. The Kier molecular flexibility index (Phi) is 24.8. The quantitative estimate of drug-likeness (QED) is 0.0386. The zero-order valence-corrected chi connectivity index (χ0v) is 81.5. The second kappa shape index (κ2) is 38.5. The topological polar surface area (TPSA) is 414 Å². The van der Waals surface area contributed by atoms with Gasteiger partial charge >= 0.3 is 0 Å². The molecule has 22 aromatic rings. The van der Waals surface area contributed by atoms with Crippen LogP contribution in [0.4, 0.5) is 35.2 Å². The molecule has 2 fully saturated rings. The summed E-state index contributed by atoms with van der Waals surface area (Å²) >= 11 is 12.4. The number of hydrogen-bond acceptors (Lipinski definition) is 26. The number of fused-ring (bicyclic) bond motifs is 8. The van der Waals surface area contributed by atoms with Gasteiger partial charge in [-0.1, -0.05) is 97.1 Å². The molecule has 16 aromatic heterocycles. The Balaban J connectivity index is 0.000000113. The van der Waals surface area contributed by atoms with Gasteiger partial charge in [-0.05, 0) is 242 Å². The van der Waals surface area contributed by atoms with Crippen LogP contribution in [-0.2, 0) is 28.2 Å². The van der Waals surface area contributed by atoms with Crippen LogP contribution in [0.3, 0.4) is 0 Å². The first-order chi connectivity index (χ1) is 69.8. The molecule has 34 nitrogen and oxygen atoms in total. The number of halogens is 2. The number of rotatable bonds is 20. The Labute approximate surface area is 832 Å². The van der Waals surface area contributed by atoms with Gasteiger partial charge in [-0.3, -0.25) is 67.0 Å². The maximum Gasteiger partial charge on any atom is 0.263 e. The third-order valence-electron chi connectivity index (χ3n) is 25.8. The number of nitrogens with one attached hydrogen (secondary N) is 4. The maximum atomic E-state index is 14.3. The van der Waals surface area contributed by atoms with Crippen molar-refractivity contribution in [3.8, 4) is 55.9 Å². The van der Waals surface area contributed by atoms with Gasteiger partial charge < -0.3 is 41.9 Å². The first kappa shape index (κ1) is 92.7. The maximum absolute atomic E-state index is 14.3. The number of hydrogen-bond donors (Lipinski definition) is 6. The molecule has 24 rings (SSSR count). The van der Waals surface area contributed by atoms with Crippen LogP contribution >= 0.6 is 23.2 Å². The molecule has 0 radical (unpaired) electrons. The molecule has 6 aromatic carbocycles. The van der Waals surface area contributed by atoms with Crippen LogP contribution < -0.4 is 55.0 Å². The normalized spacial score (nSPS) is 13.3. The number of anilines is 6. The van der Waals surface area contributed by atoms with Gasteiger partial charge in [-0.15, -0.1) is 0 Å². The zero-order chi connectivity index (χ0) is 99.6. The average Bonchev–Trinajstić information content (AvgIpc) is 1.66. The van der Waals surface area contributed by atoms with Crippen LogP contribution in [0.25, 0.3) is 143 Å². The van der Waals surface area contributed by atoms with E-state index in [0.717, 1.165) is 148 Å². The third kappa shape index (κ3) is 18.4. The first-order valence-electron chi connectivity index (χ1n) is 47.0. The Hall–Kier alpha value is -17.7. The summed E-state index contributed by atoms with van der Waals surface area (Å²) < 4.78 is 14.4. The predicted molar refractivity (Wildman–Crippen MR) is 567 cm³/mol. The van der Waals surface area contributed by atoms with E-state index >= 15 is 0 Å². The molecule has 0 unspecified atom stereocenters. The summed E-state index contributed by atoms with van der Waals surface area (Å²) in [4.78, 5) is 109. The lowest BCUT2D eigenvalue weighted by atomic mass is 9.99. The summed E-state index contributed by atoms with van der Waals surface area (Å²) in [6, 6.07) is 61.8. The van der Waals surface area contributed by atoms with Crippen LogP contribution in [0, 0.1) is 13.8 Å². The molecule has 36 heteroatoms. The molecule has 144 heavy (non-hydrogen) atoms. The Morgan fingerprint density at radius 3 is 0.896 bits per heavy atom. The molecule has 8 N–H and O–H groups in total. The second-order valence-electron chi connectivity index (χ2n) is 36.2. The van der Waals surface area contributed by atoms with E-state index in [4.69, 9.17) is 34.7 Å². The number of pyridine rings is 8. The molecule has 0 saturated heterocycles. The molecule has 16 heterocycles. The van der Waals surface area contributed by atoms with Crippen molar-refractivity contribution in [2.24, 2.45) is 28.2 Å². The highest BCUT2D eigenvalue weighted by atomic mass is 35.5. The van der Waals surface area contributed by atoms with Gasteiger partial charge in [0.1, 0.15) is 22.1 Å². The van der Waals surface area contributed by atoms with Crippen molar-refractivity contribution >= 4 is 146 Å². The van der Waals surface area contributed by atoms with Crippen LogP contribution in [0.15, 0.2) is 288 Å². The molecule has 0 aliphatic heterocycles. The molecule has 716 valence electrons. The number of nitrogens with zero attached hydrogens (tertiary/aromatic N) is 24. The molecule has 2 aliphatic rings. The minimum absolute atomic E-state index is 0.0202. The summed E-state index contributed by atoms with van der Waals surface area (Å²) in [6.07, 6.45) is 25.6. The van der Waals surface area contributed by atoms with Crippen molar-refractivity contribution in [3.63, 3.8) is 0 Å². The molecular formula is C108H96Cl2N30O4. The van der Waals surface area contributed by atoms with Crippen LogP contribution in [0.5, 0.6) is 0 Å². The van der Waals surface area contributed by atoms with E-state index < -0.39 is 0 Å². The lowest BCUT2D eigenvalue weighted by Crippen LogP contribution is -2.26. The van der Waals surface area contributed by atoms with Gasteiger partial charge in [0.05, 0.1) is 92.6 Å². The fraction of sp³-hybridized carbons (Fsp3) is 0.185. The van der Waals surface area contributed by atoms with Crippen molar-refractivity contribution in [2.75, 3.05) is 32.7 Å². The van der Waals surface area contributed by atoms with Gasteiger partial charge in [-0.2, -0.15) is 40.3 Å². The number of benzene rings is 6. The van der Waals surface area contributed by atoms with Crippen molar-refractivity contribution in [2.45, 2.75) is 103 Å². The number of nitrogen functional groups attached to an aromatic ring is 2. The summed E-state index contributed by atoms with van der Waals surface area (Å²) in [5.41, 5.74) is 31.0. The number of nitrogens with two attached hydrogens (primary N) is 2. The first-order valence-corrected chi connectivity index (χ1v) is 47.8. The summed E-state index contributed by atoms with van der Waals surface area (Å²) in [7, 11) is 7.48. The molecule has 2 aliphatic carbocycles. The zero-order valence-electron chi connectivity index (χ0n) is 80.0. The van der Waals surface area contributed by atoms with Crippen LogP contribution in [-0.4, -0.2) is 117 Å². The van der Waals surface area contributed by atoms with Crippen molar-refractivity contribution < 1.29 is 0 Å². The van der Waals surface area contributed by atoms with E-state index in [9.17, 15) is 19.2 Å². The average molecular weight is 1950 g/mol. The minimum Gasteiger partial charge on any atom is -0.368 e. The highest BCUT2D eigenvalue weighted by Crippen LogP contribution is 2.43. The third-order valence-corrected chi connectivity index (χ3v) is 26.1. The number of aromatic nitrogens is 24. The van der Waals surface area contributed by atoms with Gasteiger partial charge in [0, 0.05) is 146 Å². The van der Waals surface area contributed by atoms with Crippen molar-refractivity contribution in [1.29, 1.82) is 0 Å². The molecule has 2 saturated carbocycles. The second-order valence-corrected chi connectivity index (χ2v) is 36.9. The molecule has 4 atom stereocenters. The van der Waals surface area contributed by atoms with E-state index in [-0.39, 0.29) is 81.0 Å². The SMILES string of the molecule is C[C@H](Nc1nc(Cl)nc2cccnc12)c1cc2cccc(-c3cnn(C)c3)c2c(=O)n1C1CC1.C[C@H](Nc1nc(N)nc2cccnc12)c1cc2cccc(-c3cnn(C)c3)c2c(=O)n1C1CC1.Cc1cccc(-n2c([C@H](C)Nc3nc(Cl)nc4cccnc34)cc3cccc(-c4cnn(C)c4)c3c2=O)c1.Cc1cccc(-n2c([C@H](C)Nc3nc(N)nc4cccnc34)cc3cccc(-c4cnn(C)c4)c3c2=O)c1. The Morgan fingerprint density at radius 1 is 0.326 bits per heavy atom. The van der Waals surface area contributed by atoms with Crippen molar-refractivity contribution in [3.05, 3.63) is 354 Å². The summed E-state index contributed by atoms with van der Waals surface area (Å²) in [5.74, 6) is 2.43. The highest BCUT2D eigenvalue weighted by molar-refractivity contribution is 6.29. The van der Waals surface area contributed by atoms with E-state index in [2.05, 4.69) is 126 Å². The van der Waals surface area contributed by atoms with Crippen molar-refractivity contribution in [1.82, 2.24) is 117 Å². The molecular weight excluding hydrogens is 1850 g/mol. The minimum atomic E-state index is -0.328. The van der Waals surface area contributed by atoms with Gasteiger partial charge in [0.15, 0.2) is 23.3 Å². The largest absolute Gasteiger partial charge is 0.368 e. The Morgan fingerprint density at radius 2 is 0.604 bits per heavy atom. The number of aryl methyl sites for hydroxylation is 6. The summed E-state index contributed by atoms with van der Waals surface area (Å²) in [6.45, 7) is 12.1. The fourth-order valence-corrected chi connectivity index (χ4v) is 19.3. The van der Waals surface area contributed by atoms with Gasteiger partial charge in [0.25, 0.3) is 22.2 Å².